The normalized spacial score (nSPS) is 22.3. The molecular formula is C13H13N3O4. The molecule has 0 radical (unpaired) electrons. The Morgan fingerprint density at radius 1 is 1.35 bits per heavy atom. The lowest BCUT2D eigenvalue weighted by Gasteiger charge is -2.20. The lowest BCUT2D eigenvalue weighted by molar-refractivity contribution is -0.127. The number of amides is 3. The van der Waals surface area contributed by atoms with Gasteiger partial charge in [0.1, 0.15) is 5.69 Å². The van der Waals surface area contributed by atoms with E-state index in [1.807, 2.05) is 0 Å². The van der Waals surface area contributed by atoms with Gasteiger partial charge in [0.15, 0.2) is 6.61 Å². The van der Waals surface area contributed by atoms with Crippen LogP contribution in [0, 0.1) is 0 Å². The molecule has 1 aromatic heterocycles. The third-order valence-corrected chi connectivity index (χ3v) is 3.48. The van der Waals surface area contributed by atoms with Gasteiger partial charge in [0.05, 0.1) is 6.04 Å². The molecule has 2 saturated heterocycles. The fourth-order valence-electron chi connectivity index (χ4n) is 2.51. The highest BCUT2D eigenvalue weighted by Gasteiger charge is 2.41. The smallest absolute Gasteiger partial charge is 0.417 e. The van der Waals surface area contributed by atoms with Gasteiger partial charge in [-0.3, -0.25) is 14.6 Å². The summed E-state index contributed by atoms with van der Waals surface area (Å²) >= 11 is 0. The maximum Gasteiger partial charge on any atom is 0.417 e. The van der Waals surface area contributed by atoms with E-state index in [2.05, 4.69) is 4.98 Å². The van der Waals surface area contributed by atoms with Gasteiger partial charge in [0, 0.05) is 19.3 Å². The molecule has 3 rings (SSSR count). The fourth-order valence-corrected chi connectivity index (χ4v) is 2.51. The van der Waals surface area contributed by atoms with Crippen LogP contribution in [0.1, 0.15) is 16.9 Å². The second kappa shape index (κ2) is 4.92. The quantitative estimate of drug-likeness (QED) is 0.774. The van der Waals surface area contributed by atoms with Gasteiger partial charge in [-0.1, -0.05) is 6.07 Å². The molecule has 104 valence electrons. The van der Waals surface area contributed by atoms with Crippen molar-refractivity contribution in [3.8, 4) is 0 Å². The fraction of sp³-hybridized carbons (Fsp3) is 0.385. The predicted octanol–water partition coefficient (Wildman–Crippen LogP) is 0.275. The second-order valence-corrected chi connectivity index (χ2v) is 4.73. The van der Waals surface area contributed by atoms with E-state index in [1.54, 1.807) is 29.3 Å². The molecule has 0 bridgehead atoms. The SMILES string of the molecule is O=C(c1ccccn1)N1CCC(N2C(=O)COC2=O)C1. The van der Waals surface area contributed by atoms with Crippen molar-refractivity contribution in [3.63, 3.8) is 0 Å². The number of hydrogen-bond donors (Lipinski definition) is 0. The summed E-state index contributed by atoms with van der Waals surface area (Å²) in [4.78, 5) is 42.0. The summed E-state index contributed by atoms with van der Waals surface area (Å²) in [6, 6.07) is 4.83. The number of nitrogens with zero attached hydrogens (tertiary/aromatic N) is 3. The molecule has 0 aliphatic carbocycles. The number of imide groups is 1. The number of ether oxygens (including phenoxy) is 1. The van der Waals surface area contributed by atoms with Gasteiger partial charge in [-0.15, -0.1) is 0 Å². The molecule has 1 unspecified atom stereocenters. The third kappa shape index (κ3) is 2.11. The van der Waals surface area contributed by atoms with E-state index in [-0.39, 0.29) is 24.5 Å². The predicted molar refractivity (Wildman–Crippen MR) is 66.7 cm³/mol. The van der Waals surface area contributed by atoms with Gasteiger partial charge in [0.2, 0.25) is 0 Å². The van der Waals surface area contributed by atoms with Crippen LogP contribution >= 0.6 is 0 Å². The third-order valence-electron chi connectivity index (χ3n) is 3.48. The Labute approximate surface area is 115 Å². The average molecular weight is 275 g/mol. The number of hydrogen-bond acceptors (Lipinski definition) is 5. The first-order chi connectivity index (χ1) is 9.66. The van der Waals surface area contributed by atoms with E-state index in [1.165, 1.54) is 0 Å². The Morgan fingerprint density at radius 2 is 2.20 bits per heavy atom. The number of rotatable bonds is 2. The minimum atomic E-state index is -0.618. The zero-order valence-electron chi connectivity index (χ0n) is 10.7. The van der Waals surface area contributed by atoms with E-state index in [4.69, 9.17) is 4.74 Å². The molecule has 1 atom stereocenters. The first-order valence-electron chi connectivity index (χ1n) is 6.36. The highest BCUT2D eigenvalue weighted by atomic mass is 16.6. The first-order valence-corrected chi connectivity index (χ1v) is 6.36. The van der Waals surface area contributed by atoms with E-state index < -0.39 is 6.09 Å². The minimum Gasteiger partial charge on any atom is -0.439 e. The van der Waals surface area contributed by atoms with Gasteiger partial charge >= 0.3 is 6.09 Å². The Hall–Kier alpha value is -2.44. The molecular weight excluding hydrogens is 262 g/mol. The van der Waals surface area contributed by atoms with E-state index >= 15 is 0 Å². The molecule has 2 aliphatic rings. The molecule has 0 aromatic carbocycles. The number of pyridine rings is 1. The van der Waals surface area contributed by atoms with Crippen molar-refractivity contribution in [1.82, 2.24) is 14.8 Å². The maximum atomic E-state index is 12.2. The number of carbonyl (C=O) groups excluding carboxylic acids is 3. The van der Waals surface area contributed by atoms with Gasteiger partial charge in [-0.25, -0.2) is 9.69 Å². The number of carbonyl (C=O) groups is 3. The van der Waals surface area contributed by atoms with Crippen molar-refractivity contribution in [1.29, 1.82) is 0 Å². The summed E-state index contributed by atoms with van der Waals surface area (Å²) in [6.45, 7) is 0.622. The van der Waals surface area contributed by atoms with Crippen LogP contribution in [0.5, 0.6) is 0 Å². The maximum absolute atomic E-state index is 12.2. The molecule has 0 saturated carbocycles. The molecule has 2 aliphatic heterocycles. The van der Waals surface area contributed by atoms with Crippen LogP contribution in [0.4, 0.5) is 4.79 Å². The van der Waals surface area contributed by atoms with Crippen molar-refractivity contribution in [2.75, 3.05) is 19.7 Å². The van der Waals surface area contributed by atoms with Crippen molar-refractivity contribution in [2.24, 2.45) is 0 Å². The minimum absolute atomic E-state index is 0.187. The van der Waals surface area contributed by atoms with Crippen LogP contribution in [0.15, 0.2) is 24.4 Å². The van der Waals surface area contributed by atoms with Gasteiger partial charge in [0.25, 0.3) is 11.8 Å². The zero-order valence-corrected chi connectivity index (χ0v) is 10.7. The number of aromatic nitrogens is 1. The largest absolute Gasteiger partial charge is 0.439 e. The van der Waals surface area contributed by atoms with Crippen LogP contribution in [0.2, 0.25) is 0 Å². The first kappa shape index (κ1) is 12.6. The molecule has 7 heteroatoms. The number of likely N-dealkylation sites (tertiary alicyclic amines) is 1. The highest BCUT2D eigenvalue weighted by Crippen LogP contribution is 2.21. The van der Waals surface area contributed by atoms with Crippen molar-refractivity contribution in [2.45, 2.75) is 12.5 Å². The summed E-state index contributed by atoms with van der Waals surface area (Å²) in [5.41, 5.74) is 0.364. The Bertz CT molecular complexity index is 544. The second-order valence-electron chi connectivity index (χ2n) is 4.73. The van der Waals surface area contributed by atoms with Crippen molar-refractivity contribution >= 4 is 17.9 Å². The Morgan fingerprint density at radius 3 is 2.85 bits per heavy atom. The van der Waals surface area contributed by atoms with E-state index in [0.29, 0.717) is 25.2 Å². The van der Waals surface area contributed by atoms with Gasteiger partial charge in [-0.2, -0.15) is 0 Å². The molecule has 3 amide bonds. The Balaban J connectivity index is 1.69. The Kier molecular flexibility index (Phi) is 3.09. The van der Waals surface area contributed by atoms with Crippen LogP contribution in [-0.2, 0) is 9.53 Å². The molecule has 20 heavy (non-hydrogen) atoms. The zero-order chi connectivity index (χ0) is 14.1. The van der Waals surface area contributed by atoms with E-state index in [9.17, 15) is 14.4 Å². The van der Waals surface area contributed by atoms with Crippen LogP contribution < -0.4 is 0 Å². The summed E-state index contributed by atoms with van der Waals surface area (Å²) in [6.07, 6.45) is 1.51. The summed E-state index contributed by atoms with van der Waals surface area (Å²) in [5, 5.41) is 0. The average Bonchev–Trinajstić information content (AvgIpc) is 3.06. The highest BCUT2D eigenvalue weighted by molar-refractivity contribution is 5.98. The standard InChI is InChI=1S/C13H13N3O4/c17-11-8-20-13(19)16(11)9-4-6-15(7-9)12(18)10-3-1-2-5-14-10/h1-3,5,9H,4,6-8H2. The van der Waals surface area contributed by atoms with Crippen LogP contribution in [0.25, 0.3) is 0 Å². The molecule has 1 aromatic rings. The van der Waals surface area contributed by atoms with Crippen molar-refractivity contribution < 1.29 is 19.1 Å². The van der Waals surface area contributed by atoms with Crippen molar-refractivity contribution in [3.05, 3.63) is 30.1 Å². The monoisotopic (exact) mass is 275 g/mol. The molecule has 3 heterocycles. The molecule has 0 spiro atoms. The van der Waals surface area contributed by atoms with Gasteiger partial charge in [-0.05, 0) is 18.6 Å². The topological polar surface area (TPSA) is 79.8 Å². The van der Waals surface area contributed by atoms with E-state index in [0.717, 1.165) is 4.90 Å². The molecule has 7 nitrogen and oxygen atoms in total. The molecule has 2 fully saturated rings. The molecule has 0 N–H and O–H groups in total. The van der Waals surface area contributed by atoms with Gasteiger partial charge < -0.3 is 9.64 Å². The van der Waals surface area contributed by atoms with Crippen LogP contribution in [-0.4, -0.2) is 58.4 Å². The lowest BCUT2D eigenvalue weighted by Crippen LogP contribution is -2.42. The summed E-state index contributed by atoms with van der Waals surface area (Å²) in [5.74, 6) is -0.528. The lowest BCUT2D eigenvalue weighted by atomic mass is 10.2. The number of cyclic esters (lactones) is 1. The summed E-state index contributed by atoms with van der Waals surface area (Å²) in [7, 11) is 0. The summed E-state index contributed by atoms with van der Waals surface area (Å²) < 4.78 is 4.69. The van der Waals surface area contributed by atoms with Crippen LogP contribution in [0.3, 0.4) is 0 Å².